The largest absolute Gasteiger partial charge is 0.324 e. The van der Waals surface area contributed by atoms with Gasteiger partial charge in [0.25, 0.3) is 0 Å². The fraction of sp³-hybridized carbons (Fsp3) is 0.235. The van der Waals surface area contributed by atoms with Crippen LogP contribution in [0.15, 0.2) is 42.7 Å². The highest BCUT2D eigenvalue weighted by Crippen LogP contribution is 2.29. The molecule has 2 N–H and O–H groups in total. The molecule has 1 aliphatic carbocycles. The van der Waals surface area contributed by atoms with E-state index >= 15 is 0 Å². The smallest absolute Gasteiger partial charge is 0.161 e. The van der Waals surface area contributed by atoms with Crippen molar-refractivity contribution in [2.24, 2.45) is 5.73 Å². The van der Waals surface area contributed by atoms with E-state index in [2.05, 4.69) is 22.1 Å². The molecule has 1 aromatic carbocycles. The first-order chi connectivity index (χ1) is 10.3. The fourth-order valence-corrected chi connectivity index (χ4v) is 3.00. The number of aryl methyl sites for hydroxylation is 1. The molecule has 0 spiro atoms. The Morgan fingerprint density at radius 1 is 1.10 bits per heavy atom. The van der Waals surface area contributed by atoms with Gasteiger partial charge in [-0.2, -0.15) is 0 Å². The second-order valence-corrected chi connectivity index (χ2v) is 5.48. The summed E-state index contributed by atoms with van der Waals surface area (Å²) in [5.74, 6) is 0.743. The van der Waals surface area contributed by atoms with Gasteiger partial charge in [-0.1, -0.05) is 18.2 Å². The van der Waals surface area contributed by atoms with E-state index in [1.165, 1.54) is 0 Å². The van der Waals surface area contributed by atoms with Crippen LogP contribution in [0.1, 0.15) is 30.1 Å². The maximum atomic E-state index is 6.13. The van der Waals surface area contributed by atoms with Crippen molar-refractivity contribution < 1.29 is 0 Å². The fourth-order valence-electron chi connectivity index (χ4n) is 3.00. The quantitative estimate of drug-likeness (QED) is 0.742. The Kier molecular flexibility index (Phi) is 2.89. The monoisotopic (exact) mass is 276 g/mol. The van der Waals surface area contributed by atoms with Gasteiger partial charge in [0.2, 0.25) is 0 Å². The molecule has 0 radical (unpaired) electrons. The molecule has 2 heterocycles. The Bertz CT molecular complexity index is 807. The second kappa shape index (κ2) is 4.90. The lowest BCUT2D eigenvalue weighted by atomic mass is 9.93. The maximum absolute atomic E-state index is 6.13. The first-order valence-electron chi connectivity index (χ1n) is 7.28. The minimum absolute atomic E-state index is 0.0773. The molecule has 1 unspecified atom stereocenters. The van der Waals surface area contributed by atoms with Gasteiger partial charge in [0, 0.05) is 40.6 Å². The zero-order chi connectivity index (χ0) is 14.2. The number of nitrogens with zero attached hydrogens (tertiary/aromatic N) is 3. The molecule has 1 aliphatic rings. The topological polar surface area (TPSA) is 64.7 Å². The van der Waals surface area contributed by atoms with Gasteiger partial charge in [0.15, 0.2) is 5.82 Å². The van der Waals surface area contributed by atoms with E-state index in [0.717, 1.165) is 52.8 Å². The number of hydrogen-bond donors (Lipinski definition) is 1. The van der Waals surface area contributed by atoms with Crippen LogP contribution in [0, 0.1) is 0 Å². The molecule has 4 nitrogen and oxygen atoms in total. The number of fused-ring (bicyclic) bond motifs is 2. The number of aromatic nitrogens is 3. The third-order valence-electron chi connectivity index (χ3n) is 4.10. The Hall–Kier alpha value is -2.33. The van der Waals surface area contributed by atoms with Crippen molar-refractivity contribution in [3.63, 3.8) is 0 Å². The first-order valence-corrected chi connectivity index (χ1v) is 7.28. The van der Waals surface area contributed by atoms with Crippen molar-refractivity contribution in [2.45, 2.75) is 25.3 Å². The SMILES string of the molecule is NC1CCCc2nc(-c3cccc4cccnc34)ncc21. The van der Waals surface area contributed by atoms with Gasteiger partial charge < -0.3 is 5.73 Å². The Morgan fingerprint density at radius 2 is 2.00 bits per heavy atom. The summed E-state index contributed by atoms with van der Waals surface area (Å²) in [5.41, 5.74) is 10.2. The Balaban J connectivity index is 1.89. The molecule has 2 aromatic heterocycles. The molecule has 0 fully saturated rings. The lowest BCUT2D eigenvalue weighted by Gasteiger charge is -2.21. The van der Waals surface area contributed by atoms with Gasteiger partial charge in [-0.15, -0.1) is 0 Å². The Morgan fingerprint density at radius 3 is 2.95 bits per heavy atom. The molecule has 4 heteroatoms. The van der Waals surface area contributed by atoms with E-state index in [1.807, 2.05) is 24.4 Å². The molecule has 0 aliphatic heterocycles. The molecule has 21 heavy (non-hydrogen) atoms. The van der Waals surface area contributed by atoms with Gasteiger partial charge in [0.1, 0.15) is 0 Å². The number of benzene rings is 1. The van der Waals surface area contributed by atoms with Crippen LogP contribution in [0.3, 0.4) is 0 Å². The van der Waals surface area contributed by atoms with E-state index < -0.39 is 0 Å². The third kappa shape index (κ3) is 2.08. The van der Waals surface area contributed by atoms with E-state index in [9.17, 15) is 0 Å². The van der Waals surface area contributed by atoms with Crippen molar-refractivity contribution in [3.05, 3.63) is 54.0 Å². The van der Waals surface area contributed by atoms with Crippen molar-refractivity contribution in [2.75, 3.05) is 0 Å². The number of rotatable bonds is 1. The van der Waals surface area contributed by atoms with Crippen LogP contribution in [0.2, 0.25) is 0 Å². The molecule has 0 bridgehead atoms. The first kappa shape index (κ1) is 12.4. The van der Waals surface area contributed by atoms with Crippen LogP contribution in [0.25, 0.3) is 22.3 Å². The lowest BCUT2D eigenvalue weighted by molar-refractivity contribution is 0.557. The van der Waals surface area contributed by atoms with E-state index in [1.54, 1.807) is 6.20 Å². The number of pyridine rings is 1. The molecule has 0 saturated carbocycles. The van der Waals surface area contributed by atoms with E-state index in [-0.39, 0.29) is 6.04 Å². The summed E-state index contributed by atoms with van der Waals surface area (Å²) < 4.78 is 0. The number of hydrogen-bond acceptors (Lipinski definition) is 4. The summed E-state index contributed by atoms with van der Waals surface area (Å²) in [7, 11) is 0. The van der Waals surface area contributed by atoms with Crippen LogP contribution in [-0.2, 0) is 6.42 Å². The zero-order valence-electron chi connectivity index (χ0n) is 11.7. The van der Waals surface area contributed by atoms with Crippen LogP contribution in [0.5, 0.6) is 0 Å². The summed E-state index contributed by atoms with van der Waals surface area (Å²) in [4.78, 5) is 13.8. The third-order valence-corrected chi connectivity index (χ3v) is 4.10. The number of nitrogens with two attached hydrogens (primary N) is 1. The summed E-state index contributed by atoms with van der Waals surface area (Å²) in [6, 6.07) is 10.2. The van der Waals surface area contributed by atoms with Crippen LogP contribution >= 0.6 is 0 Å². The molecule has 4 rings (SSSR count). The lowest BCUT2D eigenvalue weighted by Crippen LogP contribution is -2.19. The summed E-state index contributed by atoms with van der Waals surface area (Å²) in [6.45, 7) is 0. The Labute approximate surface area is 123 Å². The predicted octanol–water partition coefficient (Wildman–Crippen LogP) is 3.03. The molecule has 104 valence electrons. The minimum Gasteiger partial charge on any atom is -0.324 e. The summed E-state index contributed by atoms with van der Waals surface area (Å²) >= 11 is 0. The van der Waals surface area contributed by atoms with Crippen molar-refractivity contribution in [1.82, 2.24) is 15.0 Å². The van der Waals surface area contributed by atoms with Gasteiger partial charge in [-0.25, -0.2) is 9.97 Å². The second-order valence-electron chi connectivity index (χ2n) is 5.48. The normalized spacial score (nSPS) is 17.7. The molecular weight excluding hydrogens is 260 g/mol. The summed E-state index contributed by atoms with van der Waals surface area (Å²) in [6.07, 6.45) is 6.80. The molecule has 1 atom stereocenters. The van der Waals surface area contributed by atoms with Gasteiger partial charge in [-0.05, 0) is 31.4 Å². The summed E-state index contributed by atoms with van der Waals surface area (Å²) in [5, 5.41) is 1.10. The van der Waals surface area contributed by atoms with Gasteiger partial charge in [0.05, 0.1) is 5.52 Å². The minimum atomic E-state index is 0.0773. The molecular formula is C17H16N4. The number of para-hydroxylation sites is 1. The highest BCUT2D eigenvalue weighted by molar-refractivity contribution is 5.91. The van der Waals surface area contributed by atoms with Gasteiger partial charge in [-0.3, -0.25) is 4.98 Å². The molecule has 3 aromatic rings. The molecule has 0 amide bonds. The van der Waals surface area contributed by atoms with E-state index in [0.29, 0.717) is 0 Å². The van der Waals surface area contributed by atoms with E-state index in [4.69, 9.17) is 10.7 Å². The van der Waals surface area contributed by atoms with Crippen LogP contribution < -0.4 is 5.73 Å². The average Bonchev–Trinajstić information content (AvgIpc) is 2.54. The van der Waals surface area contributed by atoms with Gasteiger partial charge >= 0.3 is 0 Å². The van der Waals surface area contributed by atoms with Crippen molar-refractivity contribution in [1.29, 1.82) is 0 Å². The maximum Gasteiger partial charge on any atom is 0.161 e. The van der Waals surface area contributed by atoms with Crippen molar-refractivity contribution in [3.8, 4) is 11.4 Å². The van der Waals surface area contributed by atoms with Crippen LogP contribution in [-0.4, -0.2) is 15.0 Å². The average molecular weight is 276 g/mol. The standard InChI is InChI=1S/C17H16N4/c18-14-7-2-8-15-13(14)10-20-17(21-15)12-6-1-4-11-5-3-9-19-16(11)12/h1,3-6,9-10,14H,2,7-8,18H2. The highest BCUT2D eigenvalue weighted by Gasteiger charge is 2.19. The molecule has 0 saturated heterocycles. The predicted molar refractivity (Wildman–Crippen MR) is 82.6 cm³/mol. The van der Waals surface area contributed by atoms with Crippen molar-refractivity contribution >= 4 is 10.9 Å². The van der Waals surface area contributed by atoms with Crippen LogP contribution in [0.4, 0.5) is 0 Å². The zero-order valence-corrected chi connectivity index (χ0v) is 11.7. The highest BCUT2D eigenvalue weighted by atomic mass is 14.9.